The van der Waals surface area contributed by atoms with Crippen LogP contribution in [0.5, 0.6) is 5.75 Å². The fourth-order valence-corrected chi connectivity index (χ4v) is 15.4. The third-order valence-corrected chi connectivity index (χ3v) is 20.8. The molecule has 526 valence electrons. The molecule has 0 radical (unpaired) electrons. The third kappa shape index (κ3) is 19.6. The molecular weight excluding hydrogens is 1290 g/mol. The number of hydrogen-bond donors (Lipinski definition) is 5. The molecule has 0 saturated carbocycles. The number of nitrogens with one attached hydrogen (secondary N) is 2. The molecule has 4 aromatic rings. The van der Waals surface area contributed by atoms with E-state index in [2.05, 4.69) is 15.5 Å². The van der Waals surface area contributed by atoms with E-state index in [1.54, 1.807) is 12.1 Å². The van der Waals surface area contributed by atoms with Gasteiger partial charge in [0.1, 0.15) is 24.1 Å². The monoisotopic (exact) mass is 1380 g/mol. The molecule has 7 aliphatic rings. The Bertz CT molecular complexity index is 3420. The number of imide groups is 1. The lowest BCUT2D eigenvalue weighted by atomic mass is 10.0. The summed E-state index contributed by atoms with van der Waals surface area (Å²) in [6, 6.07) is 29.2. The van der Waals surface area contributed by atoms with Crippen molar-refractivity contribution < 1.29 is 103 Å². The summed E-state index contributed by atoms with van der Waals surface area (Å²) in [5.41, 5.74) is 7.95. The lowest BCUT2D eigenvalue weighted by Crippen LogP contribution is -2.51. The zero-order valence-corrected chi connectivity index (χ0v) is 56.0. The van der Waals surface area contributed by atoms with Gasteiger partial charge >= 0.3 is 18.3 Å². The van der Waals surface area contributed by atoms with E-state index >= 15 is 0 Å². The van der Waals surface area contributed by atoms with Crippen molar-refractivity contribution in [3.8, 4) is 5.75 Å². The summed E-state index contributed by atoms with van der Waals surface area (Å²) in [5, 5.41) is 28.7. The van der Waals surface area contributed by atoms with Crippen molar-refractivity contribution in [1.82, 2.24) is 24.3 Å². The van der Waals surface area contributed by atoms with Gasteiger partial charge in [0.15, 0.2) is 18.9 Å². The minimum Gasteiger partial charge on any atom is -0.497 e. The fraction of sp³-hybridized carbons (Fsp3) is 0.561. The quantitative estimate of drug-likeness (QED) is 0.0248. The predicted molar refractivity (Wildman–Crippen MR) is 342 cm³/mol. The number of benzene rings is 4. The Balaban J connectivity index is 0.000000179. The molecule has 0 aromatic heterocycles. The van der Waals surface area contributed by atoms with Crippen LogP contribution in [0.25, 0.3) is 0 Å². The Morgan fingerprint density at radius 3 is 1.30 bits per heavy atom. The van der Waals surface area contributed by atoms with Gasteiger partial charge in [0.25, 0.3) is 11.8 Å². The van der Waals surface area contributed by atoms with E-state index in [9.17, 15) is 51.0 Å². The minimum absolute atomic E-state index is 0.000183. The van der Waals surface area contributed by atoms with E-state index in [0.717, 1.165) is 30.4 Å². The molecule has 6 N–H and O–H groups in total. The largest absolute Gasteiger partial charge is 0.534 e. The van der Waals surface area contributed by atoms with Gasteiger partial charge in [-0.25, -0.2) is 31.2 Å². The van der Waals surface area contributed by atoms with Gasteiger partial charge in [-0.3, -0.25) is 14.4 Å². The van der Waals surface area contributed by atoms with Crippen molar-refractivity contribution >= 4 is 55.9 Å². The highest BCUT2D eigenvalue weighted by atomic mass is 32.2. The minimum atomic E-state index is -3.94. The van der Waals surface area contributed by atoms with Crippen LogP contribution in [0.1, 0.15) is 70.9 Å². The summed E-state index contributed by atoms with van der Waals surface area (Å²) in [4.78, 5) is 64.8. The Morgan fingerprint density at radius 1 is 0.552 bits per heavy atom. The first-order valence-electron chi connectivity index (χ1n) is 32.3. The maximum absolute atomic E-state index is 13.6. The molecular formula is C66H88N6O22S2. The number of carbonyl (C=O) groups is 5. The van der Waals surface area contributed by atoms with Gasteiger partial charge in [-0.05, 0) is 104 Å². The summed E-state index contributed by atoms with van der Waals surface area (Å²) >= 11 is 0. The molecule has 11 rings (SSSR count). The molecule has 28 nitrogen and oxygen atoms in total. The second-order valence-corrected chi connectivity index (χ2v) is 29.1. The molecule has 0 spiro atoms. The van der Waals surface area contributed by atoms with E-state index in [1.165, 1.54) is 52.1 Å². The van der Waals surface area contributed by atoms with Gasteiger partial charge in [-0.2, -0.15) is 8.61 Å². The average molecular weight is 1380 g/mol. The molecule has 4 amide bonds. The van der Waals surface area contributed by atoms with Crippen LogP contribution in [0.2, 0.25) is 0 Å². The smallest absolute Gasteiger partial charge is 0.497 e. The van der Waals surface area contributed by atoms with E-state index in [0.29, 0.717) is 36.3 Å². The van der Waals surface area contributed by atoms with E-state index in [-0.39, 0.29) is 130 Å². The number of amides is 4. The SMILES string of the molecule is CC(C)CN(C[C@@H](O)[C@H](Cc1ccccc1)NC(=O)O[C@H]1CO[C@H]2OCC[C@H]21)S(=O)(=O)c1ccc(N)cc1.COc1ccc(S(=O)(=O)N(CC(C)C)C[C@@H](O)[C@H](Cc2ccccc2)NC(=O)O[C@H]2CO[C@H]3OCC[C@H]32)cc1.O=C(O[C@H]1CO[C@H]2OCC[C@H]21)ON1C(=O)CCC1=O. The number of nitrogens with zero attached hydrogens (tertiary/aromatic N) is 3. The highest BCUT2D eigenvalue weighted by Crippen LogP contribution is 2.36. The maximum atomic E-state index is 13.6. The molecule has 7 fully saturated rings. The second-order valence-electron chi connectivity index (χ2n) is 25.2. The number of nitrogen functional groups attached to an aromatic ring is 1. The first-order valence-corrected chi connectivity index (χ1v) is 35.2. The number of nitrogens with two attached hydrogens (primary N) is 1. The highest BCUT2D eigenvalue weighted by molar-refractivity contribution is 7.89. The predicted octanol–water partition coefficient (Wildman–Crippen LogP) is 5.14. The fourth-order valence-electron chi connectivity index (χ4n) is 12.2. The molecule has 13 atom stereocenters. The highest BCUT2D eigenvalue weighted by Gasteiger charge is 2.47. The van der Waals surface area contributed by atoms with Gasteiger partial charge in [0.2, 0.25) is 20.0 Å². The number of aliphatic hydroxyl groups excluding tert-OH is 2. The van der Waals surface area contributed by atoms with Crippen molar-refractivity contribution in [2.75, 3.05) is 78.7 Å². The number of rotatable bonds is 25. The molecule has 0 bridgehead atoms. The first kappa shape index (κ1) is 73.2. The molecule has 7 saturated heterocycles. The van der Waals surface area contributed by atoms with Crippen LogP contribution in [0.4, 0.5) is 20.1 Å². The van der Waals surface area contributed by atoms with Crippen molar-refractivity contribution in [1.29, 1.82) is 0 Å². The number of sulfonamides is 2. The standard InChI is InChI=1S/C28H38N2O8S.C27H37N3O7S.C11H13NO7/c1-19(2)16-30(39(33,34)22-11-9-21(35-3)10-12-22)17-25(31)24(15-20-7-5-4-6-8-20)29-28(32)38-26-18-37-27-23(26)13-14-36-27;1-18(2)15-30(38(33,34)21-10-8-20(28)9-11-21)16-24(31)23(14-19-6-4-3-5-7-19)29-27(32)37-25-17-36-26-22(25)12-13-35-26;13-8-1-2-9(14)12(8)19-11(15)18-7-5-17-10-6(7)3-4-16-10/h4-12,19,23-27,31H,13-18H2,1-3H3,(H,29,32);3-11,18,22-26,31H,12-17,28H2,1-2H3,(H,29,32);6-7,10H,1-5H2/t23-,24-,25+,26-,27+;22-,23-,24+,25-,26+;6-,7-,10+/m000/s1. The third-order valence-electron chi connectivity index (χ3n) is 17.2. The summed E-state index contributed by atoms with van der Waals surface area (Å²) in [7, 11) is -6.35. The molecule has 4 aromatic carbocycles. The van der Waals surface area contributed by atoms with Gasteiger partial charge in [-0.15, -0.1) is 0 Å². The Hall–Kier alpha value is -7.07. The molecule has 30 heteroatoms. The van der Waals surface area contributed by atoms with Crippen LogP contribution in [0, 0.1) is 29.6 Å². The van der Waals surface area contributed by atoms with E-state index in [1.807, 2.05) is 88.4 Å². The molecule has 0 unspecified atom stereocenters. The van der Waals surface area contributed by atoms with Crippen LogP contribution >= 0.6 is 0 Å². The number of carbonyl (C=O) groups excluding carboxylic acids is 5. The lowest BCUT2D eigenvalue weighted by Gasteiger charge is -2.31. The van der Waals surface area contributed by atoms with Crippen molar-refractivity contribution in [3.63, 3.8) is 0 Å². The molecule has 0 aliphatic carbocycles. The molecule has 7 aliphatic heterocycles. The Morgan fingerprint density at radius 2 is 0.927 bits per heavy atom. The number of alkyl carbamates (subject to hydrolysis) is 2. The Labute approximate surface area is 559 Å². The lowest BCUT2D eigenvalue weighted by molar-refractivity contribution is -0.179. The van der Waals surface area contributed by atoms with Crippen LogP contribution < -0.4 is 21.1 Å². The number of anilines is 1. The van der Waals surface area contributed by atoms with Crippen LogP contribution in [-0.2, 0) is 89.9 Å². The van der Waals surface area contributed by atoms with Gasteiger partial charge < -0.3 is 73.9 Å². The molecule has 96 heavy (non-hydrogen) atoms. The number of ether oxygens (including phenoxy) is 10. The number of hydroxylamine groups is 2. The molecule has 7 heterocycles. The van der Waals surface area contributed by atoms with E-state index in [4.69, 9.17) is 53.1 Å². The summed E-state index contributed by atoms with van der Waals surface area (Å²) in [5.74, 6) is -0.594. The van der Waals surface area contributed by atoms with Gasteiger partial charge in [0.05, 0.1) is 98.6 Å². The van der Waals surface area contributed by atoms with Crippen LogP contribution in [-0.4, -0.2) is 205 Å². The summed E-state index contributed by atoms with van der Waals surface area (Å²) in [6.45, 7) is 9.97. The first-order chi connectivity index (χ1) is 45.9. The topological polar surface area (TPSA) is 355 Å². The zero-order valence-electron chi connectivity index (χ0n) is 54.4. The van der Waals surface area contributed by atoms with Crippen molar-refractivity contribution in [2.45, 2.75) is 144 Å². The number of methoxy groups -OCH3 is 1. The van der Waals surface area contributed by atoms with E-state index < -0.39 is 92.8 Å². The number of fused-ring (bicyclic) bond motifs is 3. The maximum Gasteiger partial charge on any atom is 0.534 e. The number of aliphatic hydroxyl groups is 2. The Kier molecular flexibility index (Phi) is 25.9. The van der Waals surface area contributed by atoms with Crippen molar-refractivity contribution in [2.24, 2.45) is 29.6 Å². The number of hydrogen-bond acceptors (Lipinski definition) is 23. The second kappa shape index (κ2) is 33.9. The summed E-state index contributed by atoms with van der Waals surface area (Å²) < 4.78 is 111. The average Bonchev–Trinajstić information content (AvgIpc) is 1.36. The zero-order chi connectivity index (χ0) is 68.7. The van der Waals surface area contributed by atoms with Gasteiger partial charge in [0, 0.05) is 44.7 Å². The summed E-state index contributed by atoms with van der Waals surface area (Å²) in [6.07, 6.45) is -4.40. The van der Waals surface area contributed by atoms with Crippen LogP contribution in [0.15, 0.2) is 119 Å². The normalized spacial score (nSPS) is 24.8. The van der Waals surface area contributed by atoms with Gasteiger partial charge in [-0.1, -0.05) is 93.4 Å². The van der Waals surface area contributed by atoms with Crippen molar-refractivity contribution in [3.05, 3.63) is 120 Å². The van der Waals surface area contributed by atoms with Crippen LogP contribution in [0.3, 0.4) is 0 Å².